The largest absolute Gasteiger partial charge is 0.396 e. The number of benzene rings is 1. The van der Waals surface area contributed by atoms with E-state index >= 15 is 0 Å². The van der Waals surface area contributed by atoms with E-state index in [0.29, 0.717) is 6.07 Å². The summed E-state index contributed by atoms with van der Waals surface area (Å²) >= 11 is 0. The Morgan fingerprint density at radius 2 is 1.68 bits per heavy atom. The molecule has 0 radical (unpaired) electrons. The van der Waals surface area contributed by atoms with Gasteiger partial charge in [-0.2, -0.15) is 0 Å². The quantitative estimate of drug-likeness (QED) is 0.600. The first kappa shape index (κ1) is 16.6. The molecule has 0 saturated carbocycles. The maximum Gasteiger partial charge on any atom is 0.167 e. The number of amidine groups is 1. The molecule has 4 N–H and O–H groups in total. The van der Waals surface area contributed by atoms with Crippen molar-refractivity contribution >= 4 is 21.4 Å². The fraction of sp³-hybridized carbons (Fsp3) is 0.462. The summed E-state index contributed by atoms with van der Waals surface area (Å²) in [6.45, 7) is 3.85. The molecule has 0 amide bonds. The van der Waals surface area contributed by atoms with Crippen LogP contribution in [0.2, 0.25) is 0 Å². The summed E-state index contributed by atoms with van der Waals surface area (Å²) in [7, 11) is -3.88. The van der Waals surface area contributed by atoms with Crippen molar-refractivity contribution in [2.24, 2.45) is 10.7 Å². The Labute approximate surface area is 126 Å². The van der Waals surface area contributed by atoms with Crippen LogP contribution >= 0.6 is 0 Å². The number of nitrogens with two attached hydrogens (primary N) is 2. The van der Waals surface area contributed by atoms with Gasteiger partial charge in [0.15, 0.2) is 27.3 Å². The fourth-order valence-corrected chi connectivity index (χ4v) is 4.04. The van der Waals surface area contributed by atoms with Gasteiger partial charge in [0.1, 0.15) is 16.1 Å². The lowest BCUT2D eigenvalue weighted by Crippen LogP contribution is -2.55. The Morgan fingerprint density at radius 3 is 2.18 bits per heavy atom. The monoisotopic (exact) mass is 335 g/mol. The average molecular weight is 335 g/mol. The van der Waals surface area contributed by atoms with E-state index < -0.39 is 54.6 Å². The predicted octanol–water partition coefficient (Wildman–Crippen LogP) is 1.47. The van der Waals surface area contributed by atoms with Crippen LogP contribution in [0.5, 0.6) is 0 Å². The van der Waals surface area contributed by atoms with Gasteiger partial charge in [0.2, 0.25) is 0 Å². The van der Waals surface area contributed by atoms with Crippen molar-refractivity contribution in [2.45, 2.75) is 31.1 Å². The second kappa shape index (κ2) is 4.61. The molecule has 22 heavy (non-hydrogen) atoms. The minimum absolute atomic E-state index is 0.303. The van der Waals surface area contributed by atoms with Crippen molar-refractivity contribution in [3.8, 4) is 0 Å². The van der Waals surface area contributed by atoms with Gasteiger partial charge in [-0.1, -0.05) is 0 Å². The molecule has 1 aliphatic rings. The van der Waals surface area contributed by atoms with Crippen LogP contribution in [-0.2, 0) is 15.4 Å². The summed E-state index contributed by atoms with van der Waals surface area (Å²) in [4.78, 5) is 3.95. The van der Waals surface area contributed by atoms with Crippen LogP contribution in [0.3, 0.4) is 0 Å². The molecule has 0 bridgehead atoms. The molecule has 1 atom stereocenters. The van der Waals surface area contributed by atoms with Crippen molar-refractivity contribution in [2.75, 3.05) is 11.5 Å². The van der Waals surface area contributed by atoms with Crippen molar-refractivity contribution in [1.82, 2.24) is 0 Å². The summed E-state index contributed by atoms with van der Waals surface area (Å²) in [5.41, 5.74) is 7.60. The molecule has 1 aromatic rings. The van der Waals surface area contributed by atoms with E-state index in [1.54, 1.807) is 0 Å². The minimum atomic E-state index is -3.88. The van der Waals surface area contributed by atoms with Gasteiger partial charge < -0.3 is 11.5 Å². The van der Waals surface area contributed by atoms with Crippen LogP contribution < -0.4 is 11.5 Å². The number of aliphatic imine (C=N–C) groups is 1. The van der Waals surface area contributed by atoms with Gasteiger partial charge >= 0.3 is 0 Å². The lowest BCUT2D eigenvalue weighted by molar-refractivity contribution is 0.420. The van der Waals surface area contributed by atoms with Gasteiger partial charge in [-0.15, -0.1) is 0 Å². The van der Waals surface area contributed by atoms with Crippen LogP contribution in [0.25, 0.3) is 0 Å². The highest BCUT2D eigenvalue weighted by Gasteiger charge is 2.50. The van der Waals surface area contributed by atoms with Gasteiger partial charge in [-0.05, 0) is 20.8 Å². The highest BCUT2D eigenvalue weighted by Crippen LogP contribution is 2.40. The second-order valence-electron chi connectivity index (χ2n) is 5.99. The lowest BCUT2D eigenvalue weighted by Gasteiger charge is -2.38. The Bertz CT molecular complexity index is 764. The Morgan fingerprint density at radius 1 is 1.14 bits per heavy atom. The van der Waals surface area contributed by atoms with Crippen molar-refractivity contribution in [1.29, 1.82) is 0 Å². The summed E-state index contributed by atoms with van der Waals surface area (Å²) in [5, 5.41) is 0. The third-order valence-electron chi connectivity index (χ3n) is 3.96. The van der Waals surface area contributed by atoms with Gasteiger partial charge in [-0.3, -0.25) is 4.99 Å². The molecule has 1 aliphatic heterocycles. The third kappa shape index (κ3) is 2.15. The van der Waals surface area contributed by atoms with Gasteiger partial charge in [0.05, 0.1) is 17.0 Å². The zero-order valence-corrected chi connectivity index (χ0v) is 13.1. The van der Waals surface area contributed by atoms with E-state index in [4.69, 9.17) is 11.5 Å². The first-order chi connectivity index (χ1) is 9.83. The Kier molecular flexibility index (Phi) is 3.48. The van der Waals surface area contributed by atoms with E-state index in [2.05, 4.69) is 4.99 Å². The summed E-state index contributed by atoms with van der Waals surface area (Å²) < 4.78 is 65.1. The Balaban J connectivity index is 2.82. The number of hydrogen-bond acceptors (Lipinski definition) is 5. The molecule has 1 aromatic carbocycles. The fourth-order valence-electron chi connectivity index (χ4n) is 2.37. The maximum absolute atomic E-state index is 14.2. The number of nitrogens with zero attached hydrogens (tertiary/aromatic N) is 1. The number of anilines is 1. The SMILES string of the molecule is CC1(c2c(F)c(N)cc(F)c2F)CS(=O)(=O)C(C)(C)C(N)=N1. The van der Waals surface area contributed by atoms with E-state index in [1.807, 2.05) is 0 Å². The van der Waals surface area contributed by atoms with Crippen LogP contribution in [0.15, 0.2) is 11.1 Å². The van der Waals surface area contributed by atoms with Crippen molar-refractivity contribution in [3.05, 3.63) is 29.1 Å². The smallest absolute Gasteiger partial charge is 0.167 e. The molecule has 1 heterocycles. The molecular formula is C13H16F3N3O2S. The van der Waals surface area contributed by atoms with Crippen molar-refractivity contribution < 1.29 is 21.6 Å². The van der Waals surface area contributed by atoms with Crippen LogP contribution in [0, 0.1) is 17.5 Å². The zero-order valence-electron chi connectivity index (χ0n) is 12.2. The van der Waals surface area contributed by atoms with Gasteiger partial charge in [-0.25, -0.2) is 21.6 Å². The molecule has 1 unspecified atom stereocenters. The van der Waals surface area contributed by atoms with Gasteiger partial charge in [0.25, 0.3) is 0 Å². The van der Waals surface area contributed by atoms with Gasteiger partial charge in [0, 0.05) is 6.07 Å². The van der Waals surface area contributed by atoms with Crippen LogP contribution in [-0.4, -0.2) is 24.8 Å². The maximum atomic E-state index is 14.2. The molecule has 9 heteroatoms. The van der Waals surface area contributed by atoms with E-state index in [0.717, 1.165) is 0 Å². The molecule has 0 fully saturated rings. The molecule has 0 saturated heterocycles. The number of nitrogen functional groups attached to an aromatic ring is 1. The highest BCUT2D eigenvalue weighted by molar-refractivity contribution is 7.93. The number of sulfone groups is 1. The predicted molar refractivity (Wildman–Crippen MR) is 77.6 cm³/mol. The van der Waals surface area contributed by atoms with Crippen LogP contribution in [0.4, 0.5) is 18.9 Å². The minimum Gasteiger partial charge on any atom is -0.396 e. The normalized spacial score (nSPS) is 26.5. The molecule has 0 aliphatic carbocycles. The van der Waals surface area contributed by atoms with E-state index in [1.165, 1.54) is 20.8 Å². The summed E-state index contributed by atoms with van der Waals surface area (Å²) in [6, 6.07) is 0.492. The molecular weight excluding hydrogens is 319 g/mol. The first-order valence-electron chi connectivity index (χ1n) is 6.35. The van der Waals surface area contributed by atoms with E-state index in [-0.39, 0.29) is 5.84 Å². The second-order valence-corrected chi connectivity index (χ2v) is 8.53. The summed E-state index contributed by atoms with van der Waals surface area (Å²) in [5.74, 6) is -5.17. The molecule has 122 valence electrons. The zero-order chi connectivity index (χ0) is 17.1. The van der Waals surface area contributed by atoms with E-state index in [9.17, 15) is 21.6 Å². The topological polar surface area (TPSA) is 98.5 Å². The standard InChI is InChI=1S/C13H16F3N3O2S/c1-12(2)11(18)19-13(3,5-22(12,20)21)8-9(15)6(14)4-7(17)10(8)16/h4H,5,17H2,1-3H3,(H2,18,19). The number of halogens is 3. The molecule has 5 nitrogen and oxygen atoms in total. The lowest BCUT2D eigenvalue weighted by atomic mass is 9.92. The molecule has 0 spiro atoms. The van der Waals surface area contributed by atoms with Crippen LogP contribution in [0.1, 0.15) is 26.3 Å². The summed E-state index contributed by atoms with van der Waals surface area (Å²) in [6.07, 6.45) is 0. The number of hydrogen-bond donors (Lipinski definition) is 2. The average Bonchev–Trinajstić information content (AvgIpc) is 2.34. The highest BCUT2D eigenvalue weighted by atomic mass is 32.2. The third-order valence-corrected chi connectivity index (χ3v) is 6.66. The first-order valence-corrected chi connectivity index (χ1v) is 8.00. The number of rotatable bonds is 1. The van der Waals surface area contributed by atoms with Crippen molar-refractivity contribution in [3.63, 3.8) is 0 Å². The molecule has 0 aromatic heterocycles. The molecule has 2 rings (SSSR count). The Hall–Kier alpha value is -1.77.